The fourth-order valence-electron chi connectivity index (χ4n) is 7.97. The topological polar surface area (TPSA) is 25.8 Å². The second-order valence-corrected chi connectivity index (χ2v) is 14.9. The van der Waals surface area contributed by atoms with Gasteiger partial charge in [-0.3, -0.25) is 0 Å². The zero-order valence-corrected chi connectivity index (χ0v) is 28.6. The van der Waals surface area contributed by atoms with Crippen LogP contribution in [0.25, 0.3) is 87.1 Å². The van der Waals surface area contributed by atoms with E-state index in [1.54, 1.807) is 0 Å². The summed E-state index contributed by atoms with van der Waals surface area (Å²) in [6.45, 7) is 4.72. The van der Waals surface area contributed by atoms with Gasteiger partial charge >= 0.3 is 0 Å². The molecule has 2 heterocycles. The van der Waals surface area contributed by atoms with Gasteiger partial charge in [-0.1, -0.05) is 141 Å². The number of hydrogen-bond donors (Lipinski definition) is 0. The SMILES string of the molecule is CC1(C)c2cc3ccccc3cc2-c2c(-c3ccccc3-c3cc(-c4ccc5c(c4)sc4ccccc45)nc(-c4ccccc4)n3)cccc21. The molecule has 0 unspecified atom stereocenters. The van der Waals surface area contributed by atoms with Gasteiger partial charge in [0, 0.05) is 42.3 Å². The molecule has 0 N–H and O–H groups in total. The lowest BCUT2D eigenvalue weighted by molar-refractivity contribution is 0.661. The molecule has 1 aliphatic rings. The van der Waals surface area contributed by atoms with Crippen molar-refractivity contribution in [3.05, 3.63) is 169 Å². The van der Waals surface area contributed by atoms with Crippen molar-refractivity contribution in [1.82, 2.24) is 9.97 Å². The lowest BCUT2D eigenvalue weighted by Gasteiger charge is -2.22. The van der Waals surface area contributed by atoms with Crippen LogP contribution in [0.15, 0.2) is 158 Å². The maximum Gasteiger partial charge on any atom is 0.160 e. The Labute approximate surface area is 295 Å². The molecule has 0 radical (unpaired) electrons. The molecule has 0 aliphatic heterocycles. The highest BCUT2D eigenvalue weighted by Crippen LogP contribution is 2.54. The smallest absolute Gasteiger partial charge is 0.160 e. The number of thiophene rings is 1. The third kappa shape index (κ3) is 4.47. The Balaban J connectivity index is 1.19. The zero-order chi connectivity index (χ0) is 33.4. The van der Waals surface area contributed by atoms with Gasteiger partial charge in [0.15, 0.2) is 5.82 Å². The maximum absolute atomic E-state index is 5.28. The van der Waals surface area contributed by atoms with E-state index in [0.29, 0.717) is 0 Å². The van der Waals surface area contributed by atoms with E-state index in [9.17, 15) is 0 Å². The normalized spacial score (nSPS) is 13.2. The summed E-state index contributed by atoms with van der Waals surface area (Å²) < 4.78 is 2.56. The molecule has 50 heavy (non-hydrogen) atoms. The number of benzene rings is 7. The van der Waals surface area contributed by atoms with E-state index in [1.807, 2.05) is 17.4 Å². The molecule has 0 saturated heterocycles. The van der Waals surface area contributed by atoms with Crippen molar-refractivity contribution in [2.24, 2.45) is 0 Å². The van der Waals surface area contributed by atoms with E-state index in [-0.39, 0.29) is 5.41 Å². The molecule has 0 bridgehead atoms. The van der Waals surface area contributed by atoms with E-state index in [2.05, 4.69) is 166 Å². The van der Waals surface area contributed by atoms with E-state index in [4.69, 9.17) is 9.97 Å². The fraction of sp³-hybridized carbons (Fsp3) is 0.0638. The van der Waals surface area contributed by atoms with Crippen LogP contribution in [0.5, 0.6) is 0 Å². The number of fused-ring (bicyclic) bond motifs is 7. The molecule has 0 saturated carbocycles. The van der Waals surface area contributed by atoms with Crippen molar-refractivity contribution in [1.29, 1.82) is 0 Å². The van der Waals surface area contributed by atoms with Crippen molar-refractivity contribution in [3.8, 4) is 56.2 Å². The van der Waals surface area contributed by atoms with Crippen LogP contribution in [0.4, 0.5) is 0 Å². The highest BCUT2D eigenvalue weighted by molar-refractivity contribution is 7.25. The molecule has 7 aromatic carbocycles. The fourth-order valence-corrected chi connectivity index (χ4v) is 9.12. The largest absolute Gasteiger partial charge is 0.228 e. The highest BCUT2D eigenvalue weighted by Gasteiger charge is 2.37. The van der Waals surface area contributed by atoms with Gasteiger partial charge in [0.1, 0.15) is 0 Å². The first-order valence-electron chi connectivity index (χ1n) is 17.2. The van der Waals surface area contributed by atoms with Crippen molar-refractivity contribution < 1.29 is 0 Å². The monoisotopic (exact) mass is 656 g/mol. The number of hydrogen-bond acceptors (Lipinski definition) is 3. The van der Waals surface area contributed by atoms with Gasteiger partial charge in [0.05, 0.1) is 11.4 Å². The molecular formula is C47H32N2S. The molecule has 9 aromatic rings. The summed E-state index contributed by atoms with van der Waals surface area (Å²) in [6.07, 6.45) is 0. The minimum Gasteiger partial charge on any atom is -0.228 e. The second-order valence-electron chi connectivity index (χ2n) is 13.8. The van der Waals surface area contributed by atoms with Crippen LogP contribution in [0.3, 0.4) is 0 Å². The van der Waals surface area contributed by atoms with E-state index < -0.39 is 0 Å². The molecule has 2 nitrogen and oxygen atoms in total. The van der Waals surface area contributed by atoms with Crippen molar-refractivity contribution >= 4 is 42.3 Å². The second kappa shape index (κ2) is 11.1. The van der Waals surface area contributed by atoms with E-state index in [1.165, 1.54) is 64.3 Å². The van der Waals surface area contributed by atoms with Crippen LogP contribution in [0.1, 0.15) is 25.0 Å². The zero-order valence-electron chi connectivity index (χ0n) is 27.8. The average molecular weight is 657 g/mol. The van der Waals surface area contributed by atoms with Crippen LogP contribution in [0, 0.1) is 0 Å². The summed E-state index contributed by atoms with van der Waals surface area (Å²) in [5.74, 6) is 0.723. The van der Waals surface area contributed by atoms with Gasteiger partial charge in [-0.05, 0) is 74.5 Å². The molecule has 0 fully saturated rings. The molecule has 1 aliphatic carbocycles. The standard InChI is InChI=1S/C47H32N2S/c1-47(2)39-21-12-20-37(45(39)38-25-30-15-6-7-16-31(30)26-40(38)47)33-17-8-9-18-34(33)42-28-41(48-46(49-42)29-13-4-3-5-14-29)32-23-24-36-35-19-10-11-22-43(35)50-44(36)27-32/h3-28H,1-2H3. The molecule has 236 valence electrons. The summed E-state index contributed by atoms with van der Waals surface area (Å²) >= 11 is 1.83. The van der Waals surface area contributed by atoms with E-state index >= 15 is 0 Å². The first kappa shape index (κ1) is 29.1. The molecule has 0 amide bonds. The van der Waals surface area contributed by atoms with Crippen molar-refractivity contribution in [2.45, 2.75) is 19.3 Å². The van der Waals surface area contributed by atoms with Gasteiger partial charge in [0.2, 0.25) is 0 Å². The minimum atomic E-state index is -0.118. The van der Waals surface area contributed by atoms with Crippen LogP contribution in [-0.2, 0) is 5.41 Å². The molecule has 10 rings (SSSR count). The average Bonchev–Trinajstić information content (AvgIpc) is 3.65. The van der Waals surface area contributed by atoms with Gasteiger partial charge in [-0.25, -0.2) is 9.97 Å². The summed E-state index contributed by atoms with van der Waals surface area (Å²) in [7, 11) is 0. The van der Waals surface area contributed by atoms with Gasteiger partial charge in [0.25, 0.3) is 0 Å². The Hall–Kier alpha value is -5.90. The van der Waals surface area contributed by atoms with Crippen molar-refractivity contribution in [2.75, 3.05) is 0 Å². The van der Waals surface area contributed by atoms with Crippen LogP contribution < -0.4 is 0 Å². The number of rotatable bonds is 4. The Morgan fingerprint density at radius 1 is 0.440 bits per heavy atom. The minimum absolute atomic E-state index is 0.118. The Morgan fingerprint density at radius 3 is 1.98 bits per heavy atom. The first-order valence-corrected chi connectivity index (χ1v) is 18.0. The van der Waals surface area contributed by atoms with Crippen molar-refractivity contribution in [3.63, 3.8) is 0 Å². The first-order chi connectivity index (χ1) is 24.5. The lowest BCUT2D eigenvalue weighted by Crippen LogP contribution is -2.14. The molecule has 0 atom stereocenters. The predicted octanol–water partition coefficient (Wildman–Crippen LogP) is 13.0. The molecule has 3 heteroatoms. The lowest BCUT2D eigenvalue weighted by atomic mass is 9.81. The Bertz CT molecular complexity index is 2790. The van der Waals surface area contributed by atoms with Crippen LogP contribution >= 0.6 is 11.3 Å². The number of nitrogens with zero attached hydrogens (tertiary/aromatic N) is 2. The summed E-state index contributed by atoms with van der Waals surface area (Å²) in [6, 6.07) is 57.0. The Kier molecular flexibility index (Phi) is 6.43. The van der Waals surface area contributed by atoms with Gasteiger partial charge in [-0.2, -0.15) is 0 Å². The molecular weight excluding hydrogens is 625 g/mol. The molecule has 0 spiro atoms. The third-order valence-electron chi connectivity index (χ3n) is 10.5. The van der Waals surface area contributed by atoms with E-state index in [0.717, 1.165) is 33.9 Å². The predicted molar refractivity (Wildman–Crippen MR) is 212 cm³/mol. The highest BCUT2D eigenvalue weighted by atomic mass is 32.1. The van der Waals surface area contributed by atoms with Crippen LogP contribution in [-0.4, -0.2) is 9.97 Å². The molecule has 2 aromatic heterocycles. The number of aromatic nitrogens is 2. The summed E-state index contributed by atoms with van der Waals surface area (Å²) in [4.78, 5) is 10.5. The third-order valence-corrected chi connectivity index (χ3v) is 11.6. The quantitative estimate of drug-likeness (QED) is 0.188. The summed E-state index contributed by atoms with van der Waals surface area (Å²) in [5, 5.41) is 5.13. The van der Waals surface area contributed by atoms with Gasteiger partial charge in [-0.15, -0.1) is 11.3 Å². The summed E-state index contributed by atoms with van der Waals surface area (Å²) in [5.41, 5.74) is 12.7. The maximum atomic E-state index is 5.28. The van der Waals surface area contributed by atoms with Gasteiger partial charge < -0.3 is 0 Å². The van der Waals surface area contributed by atoms with Crippen LogP contribution in [0.2, 0.25) is 0 Å². The Morgan fingerprint density at radius 2 is 1.12 bits per heavy atom.